The maximum absolute atomic E-state index is 5.84. The van der Waals surface area contributed by atoms with Gasteiger partial charge in [-0.05, 0) is 36.2 Å². The SMILES string of the molecule is Cc1ccc2cc(C3(Cn4ccnc4)CC(C)OO3)ccc2c1. The van der Waals surface area contributed by atoms with Gasteiger partial charge in [0.1, 0.15) is 5.60 Å². The molecule has 1 aliphatic heterocycles. The topological polar surface area (TPSA) is 36.3 Å². The van der Waals surface area contributed by atoms with Crippen molar-refractivity contribution in [3.05, 3.63) is 66.2 Å². The van der Waals surface area contributed by atoms with Gasteiger partial charge in [0, 0.05) is 18.8 Å². The molecule has 2 unspecified atom stereocenters. The average Bonchev–Trinajstić information content (AvgIpc) is 3.17. The molecule has 0 saturated carbocycles. The number of nitrogens with zero attached hydrogens (tertiary/aromatic N) is 2. The van der Waals surface area contributed by atoms with Gasteiger partial charge in [0.25, 0.3) is 0 Å². The van der Waals surface area contributed by atoms with Gasteiger partial charge in [0.2, 0.25) is 0 Å². The summed E-state index contributed by atoms with van der Waals surface area (Å²) in [6.07, 6.45) is 6.46. The van der Waals surface area contributed by atoms with E-state index in [4.69, 9.17) is 9.78 Å². The summed E-state index contributed by atoms with van der Waals surface area (Å²) in [5, 5.41) is 2.47. The summed E-state index contributed by atoms with van der Waals surface area (Å²) >= 11 is 0. The van der Waals surface area contributed by atoms with E-state index in [0.717, 1.165) is 12.0 Å². The molecule has 0 spiro atoms. The molecule has 4 nitrogen and oxygen atoms in total. The second-order valence-corrected chi connectivity index (χ2v) is 6.49. The van der Waals surface area contributed by atoms with Crippen LogP contribution >= 0.6 is 0 Å². The number of aryl methyl sites for hydroxylation is 1. The van der Waals surface area contributed by atoms with Gasteiger partial charge in [0.05, 0.1) is 19.0 Å². The number of imidazole rings is 1. The fraction of sp³-hybridized carbons (Fsp3) is 0.316. The molecule has 0 radical (unpaired) electrons. The van der Waals surface area contributed by atoms with E-state index in [9.17, 15) is 0 Å². The third kappa shape index (κ3) is 2.64. The first-order valence-corrected chi connectivity index (χ1v) is 7.96. The number of hydrogen-bond donors (Lipinski definition) is 0. The molecular weight excluding hydrogens is 288 g/mol. The van der Waals surface area contributed by atoms with Crippen molar-refractivity contribution in [1.82, 2.24) is 9.55 Å². The van der Waals surface area contributed by atoms with Crippen molar-refractivity contribution in [2.45, 2.75) is 38.5 Å². The van der Waals surface area contributed by atoms with Crippen molar-refractivity contribution >= 4 is 10.8 Å². The maximum Gasteiger partial charge on any atom is 0.149 e. The second kappa shape index (κ2) is 5.48. The third-order valence-corrected chi connectivity index (χ3v) is 4.51. The molecule has 2 atom stereocenters. The Morgan fingerprint density at radius 2 is 2.04 bits per heavy atom. The van der Waals surface area contributed by atoms with E-state index in [2.05, 4.69) is 48.3 Å². The largest absolute Gasteiger partial charge is 0.334 e. The van der Waals surface area contributed by atoms with Gasteiger partial charge in [0.15, 0.2) is 0 Å². The first-order chi connectivity index (χ1) is 11.1. The zero-order chi connectivity index (χ0) is 15.9. The molecule has 3 aromatic rings. The van der Waals surface area contributed by atoms with E-state index < -0.39 is 5.60 Å². The Hall–Kier alpha value is -2.17. The Balaban J connectivity index is 1.78. The number of rotatable bonds is 3. The summed E-state index contributed by atoms with van der Waals surface area (Å²) in [6, 6.07) is 13.0. The summed E-state index contributed by atoms with van der Waals surface area (Å²) in [4.78, 5) is 15.4. The Morgan fingerprint density at radius 3 is 2.78 bits per heavy atom. The fourth-order valence-electron chi connectivity index (χ4n) is 3.38. The van der Waals surface area contributed by atoms with Crippen molar-refractivity contribution in [2.75, 3.05) is 0 Å². The molecule has 0 bridgehead atoms. The number of benzene rings is 2. The van der Waals surface area contributed by atoms with Crippen LogP contribution in [-0.4, -0.2) is 15.7 Å². The molecule has 0 N–H and O–H groups in total. The van der Waals surface area contributed by atoms with Crippen molar-refractivity contribution in [3.8, 4) is 0 Å². The Labute approximate surface area is 135 Å². The highest BCUT2D eigenvalue weighted by Gasteiger charge is 2.43. The monoisotopic (exact) mass is 308 g/mol. The van der Waals surface area contributed by atoms with Crippen LogP contribution in [0.3, 0.4) is 0 Å². The summed E-state index contributed by atoms with van der Waals surface area (Å²) in [5.74, 6) is 0. The Bertz CT molecular complexity index is 829. The maximum atomic E-state index is 5.84. The molecule has 2 heterocycles. The van der Waals surface area contributed by atoms with Crippen LogP contribution in [0, 0.1) is 6.92 Å². The molecule has 1 aliphatic rings. The Morgan fingerprint density at radius 1 is 1.22 bits per heavy atom. The van der Waals surface area contributed by atoms with Gasteiger partial charge in [-0.1, -0.05) is 35.9 Å². The predicted molar refractivity (Wildman–Crippen MR) is 88.8 cm³/mol. The first kappa shape index (κ1) is 14.4. The molecule has 1 fully saturated rings. The molecule has 118 valence electrons. The van der Waals surface area contributed by atoms with E-state index in [1.165, 1.54) is 16.3 Å². The van der Waals surface area contributed by atoms with E-state index in [-0.39, 0.29) is 6.10 Å². The van der Waals surface area contributed by atoms with Gasteiger partial charge < -0.3 is 4.57 Å². The third-order valence-electron chi connectivity index (χ3n) is 4.51. The molecular formula is C19H20N2O2. The Kier molecular flexibility index (Phi) is 3.43. The van der Waals surface area contributed by atoms with Crippen LogP contribution < -0.4 is 0 Å². The van der Waals surface area contributed by atoms with Crippen LogP contribution in [0.1, 0.15) is 24.5 Å². The van der Waals surface area contributed by atoms with Crippen molar-refractivity contribution < 1.29 is 9.78 Å². The lowest BCUT2D eigenvalue weighted by Crippen LogP contribution is -2.30. The highest BCUT2D eigenvalue weighted by molar-refractivity contribution is 5.84. The minimum Gasteiger partial charge on any atom is -0.334 e. The van der Waals surface area contributed by atoms with Crippen LogP contribution in [0.5, 0.6) is 0 Å². The summed E-state index contributed by atoms with van der Waals surface area (Å²) in [6.45, 7) is 4.85. The average molecular weight is 308 g/mol. The minimum atomic E-state index is -0.473. The molecule has 0 aliphatic carbocycles. The molecule has 4 rings (SSSR count). The van der Waals surface area contributed by atoms with Crippen molar-refractivity contribution in [1.29, 1.82) is 0 Å². The lowest BCUT2D eigenvalue weighted by molar-refractivity contribution is -0.331. The fourth-order valence-corrected chi connectivity index (χ4v) is 3.38. The zero-order valence-electron chi connectivity index (χ0n) is 13.4. The lowest BCUT2D eigenvalue weighted by Gasteiger charge is -2.27. The normalized spacial score (nSPS) is 24.3. The van der Waals surface area contributed by atoms with Crippen LogP contribution in [0.15, 0.2) is 55.1 Å². The van der Waals surface area contributed by atoms with E-state index in [1.54, 1.807) is 6.20 Å². The summed E-state index contributed by atoms with van der Waals surface area (Å²) in [5.41, 5.74) is 1.94. The molecule has 1 aromatic heterocycles. The molecule has 2 aromatic carbocycles. The smallest absolute Gasteiger partial charge is 0.149 e. The van der Waals surface area contributed by atoms with Gasteiger partial charge in [-0.2, -0.15) is 0 Å². The highest BCUT2D eigenvalue weighted by atomic mass is 17.2. The second-order valence-electron chi connectivity index (χ2n) is 6.49. The van der Waals surface area contributed by atoms with Crippen LogP contribution in [0.2, 0.25) is 0 Å². The van der Waals surface area contributed by atoms with Crippen LogP contribution in [0.4, 0.5) is 0 Å². The summed E-state index contributed by atoms with van der Waals surface area (Å²) < 4.78 is 2.04. The van der Waals surface area contributed by atoms with Crippen LogP contribution in [0.25, 0.3) is 10.8 Å². The molecule has 23 heavy (non-hydrogen) atoms. The molecule has 0 amide bonds. The number of hydrogen-bond acceptors (Lipinski definition) is 3. The lowest BCUT2D eigenvalue weighted by atomic mass is 9.87. The number of aromatic nitrogens is 2. The van der Waals surface area contributed by atoms with Gasteiger partial charge in [-0.25, -0.2) is 14.8 Å². The van der Waals surface area contributed by atoms with Crippen LogP contribution in [-0.2, 0) is 21.9 Å². The van der Waals surface area contributed by atoms with Crippen molar-refractivity contribution in [3.63, 3.8) is 0 Å². The number of fused-ring (bicyclic) bond motifs is 1. The highest BCUT2D eigenvalue weighted by Crippen LogP contribution is 2.40. The van der Waals surface area contributed by atoms with Gasteiger partial charge in [-0.15, -0.1) is 0 Å². The van der Waals surface area contributed by atoms with E-state index >= 15 is 0 Å². The van der Waals surface area contributed by atoms with E-state index in [1.807, 2.05) is 24.0 Å². The van der Waals surface area contributed by atoms with Gasteiger partial charge >= 0.3 is 0 Å². The quantitative estimate of drug-likeness (QED) is 0.687. The predicted octanol–water partition coefficient (Wildman–Crippen LogP) is 3.98. The molecule has 1 saturated heterocycles. The van der Waals surface area contributed by atoms with Gasteiger partial charge in [-0.3, -0.25) is 0 Å². The first-order valence-electron chi connectivity index (χ1n) is 7.96. The zero-order valence-corrected chi connectivity index (χ0v) is 13.4. The standard InChI is InChI=1S/C19H20N2O2/c1-14-3-4-17-10-18(6-5-16(17)9-14)19(11-15(2)22-23-19)12-21-8-7-20-13-21/h3-10,13,15H,11-12H2,1-2H3. The summed E-state index contributed by atoms with van der Waals surface area (Å²) in [7, 11) is 0. The molecule has 4 heteroatoms. The van der Waals surface area contributed by atoms with Crippen molar-refractivity contribution in [2.24, 2.45) is 0 Å². The minimum absolute atomic E-state index is 0.0761. The van der Waals surface area contributed by atoms with E-state index in [0.29, 0.717) is 6.54 Å².